The SMILES string of the molecule is CC1(NC(=O)CNC2CC2)CCC1. The molecule has 0 radical (unpaired) electrons. The number of nitrogens with one attached hydrogen (secondary N) is 2. The largest absolute Gasteiger partial charge is 0.350 e. The summed E-state index contributed by atoms with van der Waals surface area (Å²) in [6, 6.07) is 0.625. The molecular formula is C10H18N2O. The van der Waals surface area contributed by atoms with Gasteiger partial charge in [-0.15, -0.1) is 0 Å². The maximum Gasteiger partial charge on any atom is 0.234 e. The van der Waals surface area contributed by atoms with Gasteiger partial charge < -0.3 is 10.6 Å². The van der Waals surface area contributed by atoms with E-state index in [9.17, 15) is 4.79 Å². The van der Waals surface area contributed by atoms with Crippen LogP contribution in [0.4, 0.5) is 0 Å². The van der Waals surface area contributed by atoms with Crippen molar-refractivity contribution < 1.29 is 4.79 Å². The lowest BCUT2D eigenvalue weighted by Gasteiger charge is -2.39. The van der Waals surface area contributed by atoms with Crippen LogP contribution in [0.25, 0.3) is 0 Å². The number of hydrogen-bond donors (Lipinski definition) is 2. The second-order valence-corrected chi connectivity index (χ2v) is 4.62. The van der Waals surface area contributed by atoms with Gasteiger partial charge in [-0.2, -0.15) is 0 Å². The van der Waals surface area contributed by atoms with Crippen LogP contribution in [0.1, 0.15) is 39.0 Å². The molecule has 0 aromatic rings. The Labute approximate surface area is 79.3 Å². The number of rotatable bonds is 4. The summed E-state index contributed by atoms with van der Waals surface area (Å²) >= 11 is 0. The molecule has 0 heterocycles. The number of carbonyl (C=O) groups excluding carboxylic acids is 1. The first-order valence-electron chi connectivity index (χ1n) is 5.22. The van der Waals surface area contributed by atoms with Gasteiger partial charge in [-0.1, -0.05) is 0 Å². The van der Waals surface area contributed by atoms with Gasteiger partial charge in [-0.3, -0.25) is 4.79 Å². The minimum absolute atomic E-state index is 0.113. The fourth-order valence-electron chi connectivity index (χ4n) is 1.74. The van der Waals surface area contributed by atoms with E-state index in [4.69, 9.17) is 0 Å². The summed E-state index contributed by atoms with van der Waals surface area (Å²) in [4.78, 5) is 11.4. The molecule has 0 bridgehead atoms. The van der Waals surface area contributed by atoms with E-state index < -0.39 is 0 Å². The van der Waals surface area contributed by atoms with Gasteiger partial charge in [0.05, 0.1) is 6.54 Å². The maximum absolute atomic E-state index is 11.4. The Bertz CT molecular complexity index is 207. The first-order chi connectivity index (χ1) is 6.18. The molecule has 74 valence electrons. The zero-order valence-corrected chi connectivity index (χ0v) is 8.23. The summed E-state index contributed by atoms with van der Waals surface area (Å²) in [6.45, 7) is 2.63. The Hall–Kier alpha value is -0.570. The van der Waals surface area contributed by atoms with E-state index in [1.54, 1.807) is 0 Å². The molecule has 0 saturated heterocycles. The smallest absolute Gasteiger partial charge is 0.234 e. The highest BCUT2D eigenvalue weighted by Crippen LogP contribution is 2.30. The van der Waals surface area contributed by atoms with Crippen LogP contribution in [0.2, 0.25) is 0 Å². The number of hydrogen-bond acceptors (Lipinski definition) is 2. The molecule has 0 aliphatic heterocycles. The van der Waals surface area contributed by atoms with Gasteiger partial charge in [-0.25, -0.2) is 0 Å². The summed E-state index contributed by atoms with van der Waals surface area (Å²) < 4.78 is 0. The standard InChI is InChI=1S/C10H18N2O/c1-10(5-2-6-10)12-9(13)7-11-8-3-4-8/h8,11H,2-7H2,1H3,(H,12,13). The molecule has 3 nitrogen and oxygen atoms in total. The Balaban J connectivity index is 1.64. The lowest BCUT2D eigenvalue weighted by Crippen LogP contribution is -2.53. The van der Waals surface area contributed by atoms with Gasteiger partial charge in [0.1, 0.15) is 0 Å². The molecule has 2 aliphatic carbocycles. The van der Waals surface area contributed by atoms with Gasteiger partial charge in [0.25, 0.3) is 0 Å². The molecule has 2 fully saturated rings. The summed E-state index contributed by atoms with van der Waals surface area (Å²) in [5, 5.41) is 6.29. The molecule has 0 spiro atoms. The minimum atomic E-state index is 0.113. The molecule has 3 heteroatoms. The summed E-state index contributed by atoms with van der Waals surface area (Å²) in [5.74, 6) is 0.161. The van der Waals surface area contributed by atoms with Crippen LogP contribution in [0.3, 0.4) is 0 Å². The van der Waals surface area contributed by atoms with E-state index in [1.165, 1.54) is 19.3 Å². The zero-order chi connectivity index (χ0) is 9.31. The topological polar surface area (TPSA) is 41.1 Å². The van der Waals surface area contributed by atoms with Gasteiger partial charge in [-0.05, 0) is 39.0 Å². The molecule has 0 aromatic heterocycles. The molecule has 2 N–H and O–H groups in total. The average Bonchev–Trinajstić information content (AvgIpc) is 2.81. The quantitative estimate of drug-likeness (QED) is 0.675. The van der Waals surface area contributed by atoms with Crippen molar-refractivity contribution in [3.8, 4) is 0 Å². The van der Waals surface area contributed by atoms with E-state index in [0.29, 0.717) is 12.6 Å². The van der Waals surface area contributed by atoms with E-state index >= 15 is 0 Å². The second kappa shape index (κ2) is 3.29. The van der Waals surface area contributed by atoms with Crippen LogP contribution in [-0.4, -0.2) is 24.0 Å². The number of amides is 1. The lowest BCUT2D eigenvalue weighted by molar-refractivity contribution is -0.123. The van der Waals surface area contributed by atoms with Crippen LogP contribution in [-0.2, 0) is 4.79 Å². The van der Waals surface area contributed by atoms with Crippen molar-refractivity contribution >= 4 is 5.91 Å². The Morgan fingerprint density at radius 2 is 2.15 bits per heavy atom. The molecule has 2 aliphatic rings. The monoisotopic (exact) mass is 182 g/mol. The van der Waals surface area contributed by atoms with Crippen molar-refractivity contribution in [2.45, 2.75) is 50.6 Å². The molecule has 0 aromatic carbocycles. The summed E-state index contributed by atoms with van der Waals surface area (Å²) in [6.07, 6.45) is 6.02. The predicted octanol–water partition coefficient (Wildman–Crippen LogP) is 0.797. The highest BCUT2D eigenvalue weighted by atomic mass is 16.2. The van der Waals surface area contributed by atoms with E-state index in [2.05, 4.69) is 17.6 Å². The van der Waals surface area contributed by atoms with E-state index in [-0.39, 0.29) is 11.4 Å². The van der Waals surface area contributed by atoms with Crippen molar-refractivity contribution in [3.63, 3.8) is 0 Å². The molecule has 1 amide bonds. The molecule has 2 rings (SSSR count). The van der Waals surface area contributed by atoms with Gasteiger partial charge in [0.2, 0.25) is 5.91 Å². The van der Waals surface area contributed by atoms with Crippen molar-refractivity contribution in [2.75, 3.05) is 6.54 Å². The van der Waals surface area contributed by atoms with Gasteiger partial charge in [0, 0.05) is 11.6 Å². The van der Waals surface area contributed by atoms with E-state index in [0.717, 1.165) is 12.8 Å². The third-order valence-electron chi connectivity index (χ3n) is 3.03. The highest BCUT2D eigenvalue weighted by molar-refractivity contribution is 5.79. The highest BCUT2D eigenvalue weighted by Gasteiger charge is 2.33. The number of carbonyl (C=O) groups is 1. The predicted molar refractivity (Wildman–Crippen MR) is 51.4 cm³/mol. The van der Waals surface area contributed by atoms with Crippen LogP contribution in [0, 0.1) is 0 Å². The average molecular weight is 182 g/mol. The zero-order valence-electron chi connectivity index (χ0n) is 8.23. The lowest BCUT2D eigenvalue weighted by atomic mass is 9.78. The van der Waals surface area contributed by atoms with Crippen LogP contribution < -0.4 is 10.6 Å². The first-order valence-corrected chi connectivity index (χ1v) is 5.22. The third-order valence-corrected chi connectivity index (χ3v) is 3.03. The fraction of sp³-hybridized carbons (Fsp3) is 0.900. The van der Waals surface area contributed by atoms with Crippen LogP contribution >= 0.6 is 0 Å². The van der Waals surface area contributed by atoms with Gasteiger partial charge in [0.15, 0.2) is 0 Å². The molecule has 0 unspecified atom stereocenters. The Morgan fingerprint density at radius 1 is 1.46 bits per heavy atom. The van der Waals surface area contributed by atoms with Crippen LogP contribution in [0.15, 0.2) is 0 Å². The summed E-state index contributed by atoms with van der Waals surface area (Å²) in [7, 11) is 0. The van der Waals surface area contributed by atoms with Crippen molar-refractivity contribution in [3.05, 3.63) is 0 Å². The van der Waals surface area contributed by atoms with Crippen molar-refractivity contribution in [1.29, 1.82) is 0 Å². The minimum Gasteiger partial charge on any atom is -0.350 e. The third kappa shape index (κ3) is 2.44. The normalized spacial score (nSPS) is 25.0. The first kappa shape index (κ1) is 9.00. The fourth-order valence-corrected chi connectivity index (χ4v) is 1.74. The molecular weight excluding hydrogens is 164 g/mol. The van der Waals surface area contributed by atoms with Crippen LogP contribution in [0.5, 0.6) is 0 Å². The summed E-state index contributed by atoms with van der Waals surface area (Å²) in [5.41, 5.74) is 0.113. The second-order valence-electron chi connectivity index (χ2n) is 4.62. The van der Waals surface area contributed by atoms with Crippen molar-refractivity contribution in [1.82, 2.24) is 10.6 Å². The maximum atomic E-state index is 11.4. The van der Waals surface area contributed by atoms with E-state index in [1.807, 2.05) is 0 Å². The van der Waals surface area contributed by atoms with Crippen molar-refractivity contribution in [2.24, 2.45) is 0 Å². The molecule has 13 heavy (non-hydrogen) atoms. The molecule has 0 atom stereocenters. The Kier molecular flexibility index (Phi) is 2.28. The Morgan fingerprint density at radius 3 is 2.62 bits per heavy atom. The molecule has 2 saturated carbocycles. The van der Waals surface area contributed by atoms with Gasteiger partial charge >= 0.3 is 0 Å².